The van der Waals surface area contributed by atoms with Gasteiger partial charge in [0.05, 0.1) is 16.4 Å². The fourth-order valence-electron chi connectivity index (χ4n) is 2.21. The molecule has 0 bridgehead atoms. The van der Waals surface area contributed by atoms with Gasteiger partial charge in [-0.05, 0) is 19.9 Å². The molecule has 114 valence electrons. The zero-order valence-electron chi connectivity index (χ0n) is 11.6. The van der Waals surface area contributed by atoms with E-state index in [1.807, 2.05) is 6.92 Å². The van der Waals surface area contributed by atoms with Crippen LogP contribution in [0.5, 0.6) is 0 Å². The van der Waals surface area contributed by atoms with Crippen LogP contribution in [0.4, 0.5) is 13.2 Å². The van der Waals surface area contributed by atoms with Crippen LogP contribution in [0, 0.1) is 24.4 Å². The fraction of sp³-hybridized carbons (Fsp3) is 0.357. The summed E-state index contributed by atoms with van der Waals surface area (Å²) < 4.78 is 41.6. The van der Waals surface area contributed by atoms with Crippen molar-refractivity contribution in [2.75, 3.05) is 0 Å². The minimum absolute atomic E-state index is 0.0912. The van der Waals surface area contributed by atoms with E-state index < -0.39 is 23.5 Å². The maximum Gasteiger partial charge on any atom is 0.194 e. The van der Waals surface area contributed by atoms with Crippen LogP contribution in [-0.4, -0.2) is 9.78 Å². The van der Waals surface area contributed by atoms with Gasteiger partial charge in [-0.3, -0.25) is 4.68 Å². The van der Waals surface area contributed by atoms with Crippen molar-refractivity contribution in [3.63, 3.8) is 0 Å². The van der Waals surface area contributed by atoms with Crippen LogP contribution in [0.2, 0.25) is 5.02 Å². The number of hydrogen-bond donors (Lipinski definition) is 1. The van der Waals surface area contributed by atoms with Crippen molar-refractivity contribution < 1.29 is 13.2 Å². The smallest absolute Gasteiger partial charge is 0.194 e. The summed E-state index contributed by atoms with van der Waals surface area (Å²) in [6.45, 7) is 4.22. The first-order valence-corrected chi connectivity index (χ1v) is 6.85. The molecule has 0 spiro atoms. The first-order valence-electron chi connectivity index (χ1n) is 6.47. The molecular weight excluding hydrogens is 303 g/mol. The van der Waals surface area contributed by atoms with Crippen LogP contribution < -0.4 is 5.73 Å². The number of nitrogens with zero attached hydrogens (tertiary/aromatic N) is 2. The minimum Gasteiger partial charge on any atom is -0.324 e. The Balaban J connectivity index is 2.35. The highest BCUT2D eigenvalue weighted by Crippen LogP contribution is 2.27. The standard InChI is InChI=1S/C14H15ClF3N3/c1-3-21-11(12(15)7(2)20-21)6-10(19)8-4-5-9(16)14(18)13(8)17/h4-5,10H,3,6,19H2,1-2H3. The number of aryl methyl sites for hydroxylation is 2. The molecule has 0 radical (unpaired) electrons. The third-order valence-corrected chi connectivity index (χ3v) is 3.82. The largest absolute Gasteiger partial charge is 0.324 e. The van der Waals surface area contributed by atoms with E-state index >= 15 is 0 Å². The number of benzene rings is 1. The van der Waals surface area contributed by atoms with E-state index in [0.717, 1.165) is 12.1 Å². The molecule has 1 unspecified atom stereocenters. The summed E-state index contributed by atoms with van der Waals surface area (Å²) in [6.07, 6.45) is 0.176. The van der Waals surface area contributed by atoms with E-state index in [4.69, 9.17) is 17.3 Å². The van der Waals surface area contributed by atoms with Gasteiger partial charge in [-0.2, -0.15) is 5.10 Å². The molecule has 1 aromatic carbocycles. The van der Waals surface area contributed by atoms with Gasteiger partial charge in [0.1, 0.15) is 0 Å². The Morgan fingerprint density at radius 2 is 1.95 bits per heavy atom. The lowest BCUT2D eigenvalue weighted by Crippen LogP contribution is -2.18. The van der Waals surface area contributed by atoms with Crippen molar-refractivity contribution in [1.29, 1.82) is 0 Å². The summed E-state index contributed by atoms with van der Waals surface area (Å²) >= 11 is 6.15. The SMILES string of the molecule is CCn1nc(C)c(Cl)c1CC(N)c1ccc(F)c(F)c1F. The summed E-state index contributed by atoms with van der Waals surface area (Å²) in [7, 11) is 0. The van der Waals surface area contributed by atoms with E-state index in [1.54, 1.807) is 11.6 Å². The second-order valence-corrected chi connectivity index (χ2v) is 5.12. The van der Waals surface area contributed by atoms with Crippen LogP contribution in [0.25, 0.3) is 0 Å². The highest BCUT2D eigenvalue weighted by Gasteiger charge is 2.21. The molecule has 21 heavy (non-hydrogen) atoms. The number of aromatic nitrogens is 2. The Morgan fingerprint density at radius 3 is 2.57 bits per heavy atom. The molecular formula is C14H15ClF3N3. The molecule has 2 aromatic rings. The topological polar surface area (TPSA) is 43.8 Å². The predicted octanol–water partition coefficient (Wildman–Crippen LogP) is 3.52. The third kappa shape index (κ3) is 2.91. The van der Waals surface area contributed by atoms with Gasteiger partial charge in [-0.25, -0.2) is 13.2 Å². The Bertz CT molecular complexity index is 670. The normalized spacial score (nSPS) is 12.7. The summed E-state index contributed by atoms with van der Waals surface area (Å²) in [5.74, 6) is -4.02. The van der Waals surface area contributed by atoms with E-state index in [9.17, 15) is 13.2 Å². The molecule has 1 atom stereocenters. The average Bonchev–Trinajstić information content (AvgIpc) is 2.72. The molecule has 0 fully saturated rings. The molecule has 3 nitrogen and oxygen atoms in total. The summed E-state index contributed by atoms with van der Waals surface area (Å²) in [5, 5.41) is 4.68. The van der Waals surface area contributed by atoms with Crippen LogP contribution in [0.3, 0.4) is 0 Å². The number of hydrogen-bond acceptors (Lipinski definition) is 2. The van der Waals surface area contributed by atoms with Gasteiger partial charge in [0.2, 0.25) is 0 Å². The van der Waals surface area contributed by atoms with E-state index in [1.165, 1.54) is 0 Å². The third-order valence-electron chi connectivity index (χ3n) is 3.33. The molecule has 0 aliphatic carbocycles. The maximum atomic E-state index is 13.8. The van der Waals surface area contributed by atoms with Gasteiger partial charge >= 0.3 is 0 Å². The van der Waals surface area contributed by atoms with E-state index in [-0.39, 0.29) is 12.0 Å². The summed E-state index contributed by atoms with van der Waals surface area (Å²) in [6, 6.07) is 1.16. The number of nitrogens with two attached hydrogens (primary N) is 1. The van der Waals surface area contributed by atoms with Crippen molar-refractivity contribution in [1.82, 2.24) is 9.78 Å². The quantitative estimate of drug-likeness (QED) is 0.877. The molecule has 7 heteroatoms. The predicted molar refractivity (Wildman–Crippen MR) is 74.6 cm³/mol. The van der Waals surface area contributed by atoms with Gasteiger partial charge in [0.25, 0.3) is 0 Å². The lowest BCUT2D eigenvalue weighted by atomic mass is 10.0. The summed E-state index contributed by atoms with van der Waals surface area (Å²) in [4.78, 5) is 0. The first kappa shape index (κ1) is 15.9. The lowest BCUT2D eigenvalue weighted by molar-refractivity contribution is 0.434. The Hall–Kier alpha value is -1.53. The lowest BCUT2D eigenvalue weighted by Gasteiger charge is -2.14. The fourth-order valence-corrected chi connectivity index (χ4v) is 2.42. The molecule has 2 rings (SSSR count). The van der Waals surface area contributed by atoms with Gasteiger partial charge in [0.15, 0.2) is 17.5 Å². The highest BCUT2D eigenvalue weighted by atomic mass is 35.5. The Morgan fingerprint density at radius 1 is 1.29 bits per heavy atom. The van der Waals surface area contributed by atoms with E-state index in [0.29, 0.717) is 23.0 Å². The molecule has 0 aliphatic rings. The molecule has 0 amide bonds. The minimum atomic E-state index is -1.52. The van der Waals surface area contributed by atoms with Gasteiger partial charge in [-0.15, -0.1) is 0 Å². The average molecular weight is 318 g/mol. The zero-order chi connectivity index (χ0) is 15.7. The molecule has 0 saturated carbocycles. The molecule has 0 aliphatic heterocycles. The van der Waals surface area contributed by atoms with Crippen LogP contribution >= 0.6 is 11.6 Å². The van der Waals surface area contributed by atoms with Crippen molar-refractivity contribution in [2.24, 2.45) is 5.73 Å². The van der Waals surface area contributed by atoms with Crippen molar-refractivity contribution >= 4 is 11.6 Å². The molecule has 0 saturated heterocycles. The van der Waals surface area contributed by atoms with Crippen molar-refractivity contribution in [2.45, 2.75) is 32.9 Å². The van der Waals surface area contributed by atoms with Crippen LogP contribution in [-0.2, 0) is 13.0 Å². The molecule has 2 N–H and O–H groups in total. The molecule has 1 aromatic heterocycles. The number of rotatable bonds is 4. The highest BCUT2D eigenvalue weighted by molar-refractivity contribution is 6.31. The van der Waals surface area contributed by atoms with Gasteiger partial charge in [-0.1, -0.05) is 17.7 Å². The van der Waals surface area contributed by atoms with Crippen molar-refractivity contribution in [3.8, 4) is 0 Å². The first-order chi connectivity index (χ1) is 9.86. The van der Waals surface area contributed by atoms with E-state index in [2.05, 4.69) is 5.10 Å². The molecule has 1 heterocycles. The van der Waals surface area contributed by atoms with Gasteiger partial charge < -0.3 is 5.73 Å². The number of halogens is 4. The monoisotopic (exact) mass is 317 g/mol. The second kappa shape index (κ2) is 6.07. The van der Waals surface area contributed by atoms with Crippen LogP contribution in [0.1, 0.15) is 29.9 Å². The zero-order valence-corrected chi connectivity index (χ0v) is 12.4. The van der Waals surface area contributed by atoms with Crippen LogP contribution in [0.15, 0.2) is 12.1 Å². The maximum absolute atomic E-state index is 13.8. The Kier molecular flexibility index (Phi) is 4.58. The second-order valence-electron chi connectivity index (χ2n) is 4.74. The Labute approximate surface area is 125 Å². The van der Waals surface area contributed by atoms with Crippen molar-refractivity contribution in [3.05, 3.63) is 51.6 Å². The van der Waals surface area contributed by atoms with Gasteiger partial charge in [0, 0.05) is 24.6 Å². The summed E-state index contributed by atoms with van der Waals surface area (Å²) in [5.41, 5.74) is 7.12.